The van der Waals surface area contributed by atoms with Crippen LogP contribution in [0.15, 0.2) is 0 Å². The molecule has 56 valence electrons. The third kappa shape index (κ3) is 1.30. The van der Waals surface area contributed by atoms with Gasteiger partial charge < -0.3 is 5.32 Å². The standard InChI is InChI=1S/C8H14N2/c1-8(2)7(6-9)4-3-5-10-8/h7,10H,3-5H2,1-2H3/t7-/m0/s1. The number of nitriles is 1. The molecule has 0 aromatic carbocycles. The van der Waals surface area contributed by atoms with Crippen LogP contribution < -0.4 is 5.32 Å². The first kappa shape index (κ1) is 7.56. The molecule has 0 unspecified atom stereocenters. The average molecular weight is 138 g/mol. The average Bonchev–Trinajstić information content (AvgIpc) is 1.87. The van der Waals surface area contributed by atoms with Crippen molar-refractivity contribution in [3.8, 4) is 6.07 Å². The van der Waals surface area contributed by atoms with Gasteiger partial charge in [0.25, 0.3) is 0 Å². The molecule has 1 aliphatic rings. The lowest BCUT2D eigenvalue weighted by atomic mass is 9.82. The molecule has 0 radical (unpaired) electrons. The van der Waals surface area contributed by atoms with E-state index < -0.39 is 0 Å². The van der Waals surface area contributed by atoms with Gasteiger partial charge in [-0.3, -0.25) is 0 Å². The summed E-state index contributed by atoms with van der Waals surface area (Å²) in [7, 11) is 0. The second kappa shape index (κ2) is 2.59. The van der Waals surface area contributed by atoms with Crippen LogP contribution in [-0.4, -0.2) is 12.1 Å². The van der Waals surface area contributed by atoms with Crippen LogP contribution in [0.4, 0.5) is 0 Å². The molecule has 1 rings (SSSR count). The third-order valence-corrected chi connectivity index (χ3v) is 2.28. The lowest BCUT2D eigenvalue weighted by Gasteiger charge is -2.35. The van der Waals surface area contributed by atoms with Gasteiger partial charge in [-0.2, -0.15) is 5.26 Å². The predicted molar refractivity (Wildman–Crippen MR) is 40.4 cm³/mol. The van der Waals surface area contributed by atoms with Gasteiger partial charge in [0.05, 0.1) is 12.0 Å². The second-order valence-corrected chi connectivity index (χ2v) is 3.47. The Kier molecular flexibility index (Phi) is 1.96. The van der Waals surface area contributed by atoms with Crippen molar-refractivity contribution in [2.45, 2.75) is 32.2 Å². The molecule has 0 bridgehead atoms. The van der Waals surface area contributed by atoms with Gasteiger partial charge in [-0.25, -0.2) is 0 Å². The summed E-state index contributed by atoms with van der Waals surface area (Å²) in [5.41, 5.74) is 0.0347. The number of nitrogens with one attached hydrogen (secondary N) is 1. The Morgan fingerprint density at radius 1 is 1.60 bits per heavy atom. The van der Waals surface area contributed by atoms with E-state index in [-0.39, 0.29) is 11.5 Å². The monoisotopic (exact) mass is 138 g/mol. The van der Waals surface area contributed by atoms with Gasteiger partial charge in [-0.05, 0) is 33.2 Å². The Labute approximate surface area is 62.2 Å². The van der Waals surface area contributed by atoms with Gasteiger partial charge in [-0.1, -0.05) is 0 Å². The molecule has 0 aliphatic carbocycles. The Bertz CT molecular complexity index is 155. The highest BCUT2D eigenvalue weighted by Crippen LogP contribution is 2.24. The van der Waals surface area contributed by atoms with Crippen LogP contribution in [-0.2, 0) is 0 Å². The molecule has 0 saturated carbocycles. The summed E-state index contributed by atoms with van der Waals surface area (Å²) >= 11 is 0. The summed E-state index contributed by atoms with van der Waals surface area (Å²) in [4.78, 5) is 0. The van der Waals surface area contributed by atoms with Crippen LogP contribution in [0.2, 0.25) is 0 Å². The van der Waals surface area contributed by atoms with E-state index in [9.17, 15) is 0 Å². The van der Waals surface area contributed by atoms with Gasteiger partial charge in [0.15, 0.2) is 0 Å². The van der Waals surface area contributed by atoms with E-state index in [0.717, 1.165) is 19.4 Å². The lowest BCUT2D eigenvalue weighted by Crippen LogP contribution is -2.49. The lowest BCUT2D eigenvalue weighted by molar-refractivity contribution is 0.243. The van der Waals surface area contributed by atoms with Crippen molar-refractivity contribution < 1.29 is 0 Å². The van der Waals surface area contributed by atoms with Crippen LogP contribution >= 0.6 is 0 Å². The minimum Gasteiger partial charge on any atom is -0.310 e. The summed E-state index contributed by atoms with van der Waals surface area (Å²) in [5.74, 6) is 0.196. The van der Waals surface area contributed by atoms with Crippen molar-refractivity contribution in [3.63, 3.8) is 0 Å². The fraction of sp³-hybridized carbons (Fsp3) is 0.875. The number of hydrogen-bond acceptors (Lipinski definition) is 2. The molecule has 1 N–H and O–H groups in total. The summed E-state index contributed by atoms with van der Waals surface area (Å²) in [6, 6.07) is 2.33. The Hall–Kier alpha value is -0.550. The summed E-state index contributed by atoms with van der Waals surface area (Å²) in [6.07, 6.45) is 2.19. The molecule has 2 heteroatoms. The zero-order valence-electron chi connectivity index (χ0n) is 6.65. The Balaban J connectivity index is 2.62. The number of rotatable bonds is 0. The molecule has 2 nitrogen and oxygen atoms in total. The van der Waals surface area contributed by atoms with Crippen molar-refractivity contribution in [2.75, 3.05) is 6.54 Å². The van der Waals surface area contributed by atoms with Crippen LogP contribution in [0, 0.1) is 17.2 Å². The first-order valence-corrected chi connectivity index (χ1v) is 3.81. The largest absolute Gasteiger partial charge is 0.310 e. The number of nitrogens with zero attached hydrogens (tertiary/aromatic N) is 1. The minimum absolute atomic E-state index is 0.0347. The molecule has 1 aliphatic heterocycles. The van der Waals surface area contributed by atoms with Gasteiger partial charge in [-0.15, -0.1) is 0 Å². The maximum atomic E-state index is 8.74. The molecular formula is C8H14N2. The fourth-order valence-corrected chi connectivity index (χ4v) is 1.43. The quantitative estimate of drug-likeness (QED) is 0.547. The van der Waals surface area contributed by atoms with Gasteiger partial charge >= 0.3 is 0 Å². The smallest absolute Gasteiger partial charge is 0.0675 e. The van der Waals surface area contributed by atoms with E-state index in [0.29, 0.717) is 0 Å². The van der Waals surface area contributed by atoms with E-state index >= 15 is 0 Å². The van der Waals surface area contributed by atoms with E-state index in [1.54, 1.807) is 0 Å². The Morgan fingerprint density at radius 3 is 2.70 bits per heavy atom. The van der Waals surface area contributed by atoms with Crippen LogP contribution in [0.1, 0.15) is 26.7 Å². The topological polar surface area (TPSA) is 35.8 Å². The molecule has 1 atom stereocenters. The minimum atomic E-state index is 0.0347. The first-order chi connectivity index (χ1) is 4.67. The summed E-state index contributed by atoms with van der Waals surface area (Å²) in [5, 5.41) is 12.1. The first-order valence-electron chi connectivity index (χ1n) is 3.81. The normalized spacial score (nSPS) is 31.1. The number of hydrogen-bond donors (Lipinski definition) is 1. The highest BCUT2D eigenvalue weighted by Gasteiger charge is 2.31. The van der Waals surface area contributed by atoms with E-state index in [4.69, 9.17) is 5.26 Å². The van der Waals surface area contributed by atoms with E-state index in [1.807, 2.05) is 0 Å². The van der Waals surface area contributed by atoms with Crippen molar-refractivity contribution >= 4 is 0 Å². The maximum absolute atomic E-state index is 8.74. The van der Waals surface area contributed by atoms with Gasteiger partial charge in [0.1, 0.15) is 0 Å². The van der Waals surface area contributed by atoms with Crippen molar-refractivity contribution in [1.82, 2.24) is 5.32 Å². The zero-order chi connectivity index (χ0) is 7.61. The van der Waals surface area contributed by atoms with Crippen LogP contribution in [0.5, 0.6) is 0 Å². The molecule has 1 saturated heterocycles. The molecular weight excluding hydrogens is 124 g/mol. The highest BCUT2D eigenvalue weighted by atomic mass is 15.0. The van der Waals surface area contributed by atoms with Gasteiger partial charge in [0.2, 0.25) is 0 Å². The van der Waals surface area contributed by atoms with Crippen molar-refractivity contribution in [3.05, 3.63) is 0 Å². The third-order valence-electron chi connectivity index (χ3n) is 2.28. The van der Waals surface area contributed by atoms with Gasteiger partial charge in [0, 0.05) is 5.54 Å². The second-order valence-electron chi connectivity index (χ2n) is 3.47. The van der Waals surface area contributed by atoms with Crippen molar-refractivity contribution in [1.29, 1.82) is 5.26 Å². The molecule has 1 heterocycles. The SMILES string of the molecule is CC1(C)NCCC[C@H]1C#N. The van der Waals surface area contributed by atoms with Crippen LogP contribution in [0.3, 0.4) is 0 Å². The van der Waals surface area contributed by atoms with E-state index in [2.05, 4.69) is 25.2 Å². The molecule has 0 spiro atoms. The van der Waals surface area contributed by atoms with E-state index in [1.165, 1.54) is 0 Å². The highest BCUT2D eigenvalue weighted by molar-refractivity contribution is 5.00. The fourth-order valence-electron chi connectivity index (χ4n) is 1.43. The maximum Gasteiger partial charge on any atom is 0.0675 e. The van der Waals surface area contributed by atoms with Crippen molar-refractivity contribution in [2.24, 2.45) is 5.92 Å². The molecule has 0 aromatic heterocycles. The van der Waals surface area contributed by atoms with Crippen LogP contribution in [0.25, 0.3) is 0 Å². The molecule has 10 heavy (non-hydrogen) atoms. The number of piperidine rings is 1. The zero-order valence-corrected chi connectivity index (χ0v) is 6.65. The summed E-state index contributed by atoms with van der Waals surface area (Å²) < 4.78 is 0. The molecule has 1 fully saturated rings. The molecule has 0 amide bonds. The predicted octanol–water partition coefficient (Wildman–Crippen LogP) is 1.29. The molecule has 0 aromatic rings. The Morgan fingerprint density at radius 2 is 2.30 bits per heavy atom. The summed E-state index contributed by atoms with van der Waals surface area (Å²) in [6.45, 7) is 5.26.